The number of fused-ring (bicyclic) bond motifs is 6. The first-order valence-corrected chi connectivity index (χ1v) is 47.8. The number of nitrogens with zero attached hydrogens (tertiary/aromatic N) is 10. The first kappa shape index (κ1) is 123. The van der Waals surface area contributed by atoms with Gasteiger partial charge in [-0.05, 0) is 61.4 Å². The number of pyridine rings is 1. The lowest BCUT2D eigenvalue weighted by atomic mass is 10.1. The molecule has 4 saturated carbocycles. The maximum absolute atomic E-state index is 12.9. The minimum atomic E-state index is -0.927. The van der Waals surface area contributed by atoms with Crippen LogP contribution in [0.3, 0.4) is 0 Å². The minimum absolute atomic E-state index is 0. The van der Waals surface area contributed by atoms with E-state index in [-0.39, 0.29) is 178 Å². The molecule has 9 aliphatic rings. The Morgan fingerprint density at radius 3 is 0.962 bits per heavy atom. The third-order valence-corrected chi connectivity index (χ3v) is 21.6. The lowest BCUT2D eigenvalue weighted by Crippen LogP contribution is -2.51. The van der Waals surface area contributed by atoms with Gasteiger partial charge in [0.1, 0.15) is 32.0 Å². The average Bonchev–Trinajstić information content (AvgIpc) is 1.54. The summed E-state index contributed by atoms with van der Waals surface area (Å²) in [5.41, 5.74) is 4.77. The lowest BCUT2D eigenvalue weighted by Gasteiger charge is -2.33. The second-order valence-corrected chi connectivity index (χ2v) is 28.8. The predicted molar refractivity (Wildman–Crippen MR) is 528 cm³/mol. The highest BCUT2D eigenvalue weighted by Crippen LogP contribution is 2.55. The molecule has 133 heavy (non-hydrogen) atoms. The molecule has 15 rings (SSSR count). The van der Waals surface area contributed by atoms with Crippen LogP contribution in [0.2, 0.25) is 0 Å². The Balaban J connectivity index is 0. The van der Waals surface area contributed by atoms with Crippen LogP contribution in [-0.4, -0.2) is 223 Å². The van der Waals surface area contributed by atoms with Gasteiger partial charge < -0.3 is 68.9 Å². The second kappa shape index (κ2) is 65.7. The molecule has 12 atom stereocenters. The van der Waals surface area contributed by atoms with Crippen molar-refractivity contribution in [3.8, 4) is 11.5 Å². The zero-order chi connectivity index (χ0) is 101. The van der Waals surface area contributed by atoms with Crippen molar-refractivity contribution in [3.05, 3.63) is 214 Å². The third kappa shape index (κ3) is 34.3. The molecule has 3 saturated heterocycles. The van der Waals surface area contributed by atoms with Crippen molar-refractivity contribution in [1.82, 2.24) is 48.7 Å². The largest absolute Gasteiger partial charge is 0.504 e. The van der Waals surface area contributed by atoms with Gasteiger partial charge in [0, 0.05) is 96.7 Å². The van der Waals surface area contributed by atoms with Gasteiger partial charge in [-0.25, -0.2) is 9.59 Å². The van der Waals surface area contributed by atoms with Crippen molar-refractivity contribution in [2.24, 2.45) is 23.7 Å². The maximum Gasteiger partial charge on any atom is 0.417 e. The Morgan fingerprint density at radius 1 is 0.353 bits per heavy atom. The fraction of sp³-hybridized carbons (Fsp3) is 0.533. The summed E-state index contributed by atoms with van der Waals surface area (Å²) >= 11 is 0. The molecule has 9 amide bonds. The van der Waals surface area contributed by atoms with E-state index in [1.54, 1.807) is 67.5 Å². The molecule has 7 fully saturated rings. The molecular weight excluding hydrogens is 1690 g/mol. The molecule has 28 heteroatoms. The Morgan fingerprint density at radius 2 is 0.654 bits per heavy atom. The average molecular weight is 1850 g/mol. The highest BCUT2D eigenvalue weighted by molar-refractivity contribution is 6.29. The Kier molecular flexibility index (Phi) is 60.9. The topological polar surface area (TPSA) is 335 Å². The number of hydrogen-bond acceptors (Lipinski definition) is 18. The number of carbonyl (C=O) groups is 12. The zero-order valence-electron chi connectivity index (χ0n) is 84.4. The van der Waals surface area contributed by atoms with Crippen LogP contribution in [0.4, 0.5) is 0 Å². The molecule has 0 spiro atoms. The van der Waals surface area contributed by atoms with Crippen LogP contribution < -0.4 is 5.56 Å². The van der Waals surface area contributed by atoms with Crippen molar-refractivity contribution in [2.45, 2.75) is 302 Å². The Hall–Kier alpha value is -11.8. The van der Waals surface area contributed by atoms with E-state index in [1.807, 2.05) is 302 Å². The second-order valence-electron chi connectivity index (χ2n) is 28.8. The van der Waals surface area contributed by atoms with Gasteiger partial charge in [0.15, 0.2) is 17.2 Å². The number of hydrogen-bond donors (Lipinski definition) is 3. The molecule has 740 valence electrons. The first-order valence-electron chi connectivity index (χ1n) is 47.8. The number of Topliss-reactive ketones (excluding diaryl/α,β-unsaturated/α-hetero) is 1. The summed E-state index contributed by atoms with van der Waals surface area (Å²) < 4.78 is 10.0. The van der Waals surface area contributed by atoms with Crippen molar-refractivity contribution in [3.63, 3.8) is 0 Å². The number of ketones is 1. The van der Waals surface area contributed by atoms with Gasteiger partial charge in [0.25, 0.3) is 11.5 Å². The molecular formula is C105H162N10O18. The summed E-state index contributed by atoms with van der Waals surface area (Å²) in [6.07, 6.45) is 5.14. The summed E-state index contributed by atoms with van der Waals surface area (Å²) in [4.78, 5) is 168. The van der Waals surface area contributed by atoms with E-state index in [0.29, 0.717) is 38.6 Å². The van der Waals surface area contributed by atoms with Crippen LogP contribution in [0.15, 0.2) is 175 Å². The Bertz CT molecular complexity index is 4430. The van der Waals surface area contributed by atoms with Crippen molar-refractivity contribution >= 4 is 70.9 Å². The maximum atomic E-state index is 12.9. The highest BCUT2D eigenvalue weighted by atomic mass is 16.6. The number of aliphatic hydroxyl groups excluding tert-OH is 1. The third-order valence-electron chi connectivity index (χ3n) is 21.6. The SMILES string of the molecule is C.CC.CC.CC.CC.CC.CC.CC.CC.CC.CC.CC(=O)C1C2C1N(Cc1ccccc1)C(=O)CN2C(C)=O.CC(=O)N1C=CN(Cc2ccccc2)C(=O)C1.CC(=O)N1CC(=O)N(Cc2ccccc2)C2C(CO)C21.CCC1C2C1N(Cc1ccccc1)C(=O)CN2C(C)=O.CCC1C2C1n1c(c(O)c(O)cc1=O)C(=O)N2Cc1ccccc1.CCOC(=O)C(=O)OCC. The van der Waals surface area contributed by atoms with Gasteiger partial charge >= 0.3 is 11.9 Å². The first-order chi connectivity index (χ1) is 63.7. The molecule has 0 bridgehead atoms. The van der Waals surface area contributed by atoms with Crippen LogP contribution in [0.5, 0.6) is 11.5 Å². The van der Waals surface area contributed by atoms with E-state index in [1.165, 1.54) is 37.2 Å². The number of piperazine rings is 3. The number of esters is 2. The van der Waals surface area contributed by atoms with Gasteiger partial charge in [-0.15, -0.1) is 0 Å². The van der Waals surface area contributed by atoms with E-state index in [2.05, 4.69) is 16.4 Å². The van der Waals surface area contributed by atoms with E-state index in [9.17, 15) is 77.6 Å². The van der Waals surface area contributed by atoms with Gasteiger partial charge in [0.05, 0.1) is 74.0 Å². The fourth-order valence-electron chi connectivity index (χ4n) is 15.9. The van der Waals surface area contributed by atoms with Crippen LogP contribution in [0.1, 0.15) is 265 Å². The number of rotatable bonds is 16. The van der Waals surface area contributed by atoms with Crippen LogP contribution in [-0.2, 0) is 94.9 Å². The number of carbonyl (C=O) groups excluding carboxylic acids is 12. The number of ether oxygens (including phenoxy) is 2. The number of aliphatic hydroxyl groups is 1. The van der Waals surface area contributed by atoms with E-state index in [0.717, 1.165) is 46.7 Å². The molecule has 5 aliphatic heterocycles. The van der Waals surface area contributed by atoms with Gasteiger partial charge in [-0.2, -0.15) is 0 Å². The predicted octanol–water partition coefficient (Wildman–Crippen LogP) is 16.9. The molecule has 4 aliphatic carbocycles. The summed E-state index contributed by atoms with van der Waals surface area (Å²) in [6, 6.07) is 49.8. The normalized spacial score (nSPS) is 20.3. The summed E-state index contributed by atoms with van der Waals surface area (Å²) in [6.45, 7) is 58.5. The summed E-state index contributed by atoms with van der Waals surface area (Å²) in [5.74, 6) is -3.35. The summed E-state index contributed by atoms with van der Waals surface area (Å²) in [5, 5.41) is 29.3. The van der Waals surface area contributed by atoms with E-state index in [4.69, 9.17) is 0 Å². The van der Waals surface area contributed by atoms with Crippen molar-refractivity contribution in [2.75, 3.05) is 46.0 Å². The number of amides is 9. The smallest absolute Gasteiger partial charge is 0.417 e. The molecule has 0 radical (unpaired) electrons. The van der Waals surface area contributed by atoms with E-state index >= 15 is 0 Å². The monoisotopic (exact) mass is 1850 g/mol. The molecule has 1 aromatic heterocycles. The highest BCUT2D eigenvalue weighted by Gasteiger charge is 2.65. The van der Waals surface area contributed by atoms with Crippen molar-refractivity contribution in [1.29, 1.82) is 0 Å². The Labute approximate surface area is 795 Å². The van der Waals surface area contributed by atoms with Gasteiger partial charge in [-0.1, -0.05) is 311 Å². The van der Waals surface area contributed by atoms with Gasteiger partial charge in [-0.3, -0.25) is 57.3 Å². The molecule has 6 aromatic rings. The minimum Gasteiger partial charge on any atom is -0.504 e. The summed E-state index contributed by atoms with van der Waals surface area (Å²) in [7, 11) is 0. The molecule has 6 heterocycles. The van der Waals surface area contributed by atoms with E-state index < -0.39 is 34.9 Å². The number of aromatic nitrogens is 1. The zero-order valence-corrected chi connectivity index (χ0v) is 84.4. The van der Waals surface area contributed by atoms with Crippen molar-refractivity contribution < 1.29 is 82.3 Å². The van der Waals surface area contributed by atoms with Crippen LogP contribution in [0.25, 0.3) is 0 Å². The number of aromatic hydroxyl groups is 2. The molecule has 12 unspecified atom stereocenters. The van der Waals surface area contributed by atoms with Gasteiger partial charge in [0.2, 0.25) is 47.3 Å². The molecule has 28 nitrogen and oxygen atoms in total. The molecule has 5 aromatic carbocycles. The quantitative estimate of drug-likeness (QED) is 0.0598. The lowest BCUT2D eigenvalue weighted by molar-refractivity contribution is -0.167. The molecule has 3 N–H and O–H groups in total. The fourth-order valence-corrected chi connectivity index (χ4v) is 15.9. The standard InChI is InChI=1S/C18H18N2O4.C16H18N2O3.C16H20N2O2.C15H18N2O3.C13H14N2O2.C6H10O4.10C2H6.CH4/c1-2-11-14-15(11)20-13(22)8-12(21)17(23)16(20)18(24)19(14)9-10-6-4-3-5-7-10;1-10(19)14-15-16(14)18(8-12-6-4-3-5-7-12)13(21)9-17(15)11(2)20;1-3-13-15-16(13)18(9-12-7-5-4-6-8-12)14(20)10-17(15)11(2)19;1-10(19)16-8-13(20)17(15-12(9-18)14(15)16)7-11-5-3-2-4-6-11;1-11(16)14-7-8-15(13(17)10-14)9-12-5-3-2-4-6-12;1-3-9-5(7)6(8)10-4-2;10*1-2;/h3-8,11,14-15,21,23H,2,9H2,1H3;3-7,14-16H,8-9H2,1-2H3;4-8,13,15-16H,3,9-10H2,1-2H3;2-6,12,14-15,18H,7-9H2,1H3;2-8H,9-10H2,1H3;3-4H2,1-2H3;10*1-2H3;1H4. The van der Waals surface area contributed by atoms with Crippen LogP contribution >= 0.6 is 0 Å². The number of benzene rings is 5. The van der Waals surface area contributed by atoms with Crippen LogP contribution in [0, 0.1) is 23.7 Å².